The number of halogens is 2. The second kappa shape index (κ2) is 7.52. The van der Waals surface area contributed by atoms with Crippen molar-refractivity contribution in [1.29, 1.82) is 0 Å². The monoisotopic (exact) mass is 352 g/mol. The van der Waals surface area contributed by atoms with E-state index in [1.54, 1.807) is 24.5 Å². The van der Waals surface area contributed by atoms with Gasteiger partial charge in [-0.2, -0.15) is 0 Å². The zero-order valence-corrected chi connectivity index (χ0v) is 13.7. The Morgan fingerprint density at radius 3 is 2.81 bits per heavy atom. The summed E-state index contributed by atoms with van der Waals surface area (Å²) in [7, 11) is 0. The fourth-order valence-electron chi connectivity index (χ4n) is 1.80. The van der Waals surface area contributed by atoms with Crippen molar-refractivity contribution in [3.63, 3.8) is 0 Å². The SMILES string of the molecule is CC(C)NCc1ccc(F)c(COc2cncc(Br)c2)c1. The number of hydrogen-bond acceptors (Lipinski definition) is 3. The van der Waals surface area contributed by atoms with E-state index in [0.29, 0.717) is 23.9 Å². The molecular weight excluding hydrogens is 335 g/mol. The maximum Gasteiger partial charge on any atom is 0.139 e. The molecule has 1 heterocycles. The minimum absolute atomic E-state index is 0.180. The summed E-state index contributed by atoms with van der Waals surface area (Å²) >= 11 is 3.32. The lowest BCUT2D eigenvalue weighted by Crippen LogP contribution is -2.21. The molecule has 0 bridgehead atoms. The molecule has 0 saturated carbocycles. The van der Waals surface area contributed by atoms with Gasteiger partial charge in [-0.1, -0.05) is 19.9 Å². The third kappa shape index (κ3) is 5.10. The number of hydrogen-bond donors (Lipinski definition) is 1. The first kappa shape index (κ1) is 15.9. The quantitative estimate of drug-likeness (QED) is 0.851. The Morgan fingerprint density at radius 2 is 2.10 bits per heavy atom. The van der Waals surface area contributed by atoms with E-state index in [1.807, 2.05) is 6.07 Å². The topological polar surface area (TPSA) is 34.1 Å². The van der Waals surface area contributed by atoms with Crippen LogP contribution in [0, 0.1) is 5.82 Å². The zero-order valence-electron chi connectivity index (χ0n) is 12.1. The van der Waals surface area contributed by atoms with Gasteiger partial charge in [-0.25, -0.2) is 4.39 Å². The fraction of sp³-hybridized carbons (Fsp3) is 0.312. The van der Waals surface area contributed by atoms with Crippen LogP contribution in [0.2, 0.25) is 0 Å². The van der Waals surface area contributed by atoms with Crippen LogP contribution >= 0.6 is 15.9 Å². The Morgan fingerprint density at radius 1 is 1.29 bits per heavy atom. The van der Waals surface area contributed by atoms with Crippen LogP contribution in [-0.4, -0.2) is 11.0 Å². The number of benzene rings is 1. The summed E-state index contributed by atoms with van der Waals surface area (Å²) in [6.07, 6.45) is 3.28. The van der Waals surface area contributed by atoms with Gasteiger partial charge in [0.1, 0.15) is 18.2 Å². The first-order valence-corrected chi connectivity index (χ1v) is 7.58. The van der Waals surface area contributed by atoms with Crippen molar-refractivity contribution in [2.75, 3.05) is 0 Å². The lowest BCUT2D eigenvalue weighted by atomic mass is 10.1. The van der Waals surface area contributed by atoms with Gasteiger partial charge in [-0.3, -0.25) is 4.98 Å². The van der Waals surface area contributed by atoms with E-state index in [1.165, 1.54) is 6.07 Å². The van der Waals surface area contributed by atoms with E-state index in [2.05, 4.69) is 40.1 Å². The summed E-state index contributed by atoms with van der Waals surface area (Å²) in [5, 5.41) is 3.31. The molecule has 0 radical (unpaired) electrons. The van der Waals surface area contributed by atoms with Crippen LogP contribution in [0.15, 0.2) is 41.1 Å². The standard InChI is InChI=1S/C16H18BrFN2O/c1-11(2)20-7-12-3-4-16(18)13(5-12)10-21-15-6-14(17)8-19-9-15/h3-6,8-9,11,20H,7,10H2,1-2H3. The molecule has 5 heteroatoms. The van der Waals surface area contributed by atoms with Crippen LogP contribution in [-0.2, 0) is 13.2 Å². The highest BCUT2D eigenvalue weighted by molar-refractivity contribution is 9.10. The Labute approximate surface area is 132 Å². The summed E-state index contributed by atoms with van der Waals surface area (Å²) in [5.74, 6) is 0.348. The van der Waals surface area contributed by atoms with Crippen LogP contribution < -0.4 is 10.1 Å². The first-order valence-electron chi connectivity index (χ1n) is 6.78. The van der Waals surface area contributed by atoms with E-state index in [4.69, 9.17) is 4.74 Å². The third-order valence-corrected chi connectivity index (χ3v) is 3.33. The molecule has 0 unspecified atom stereocenters. The molecule has 0 aliphatic heterocycles. The Hall–Kier alpha value is -1.46. The van der Waals surface area contributed by atoms with E-state index >= 15 is 0 Å². The molecule has 1 aromatic heterocycles. The molecule has 21 heavy (non-hydrogen) atoms. The predicted octanol–water partition coefficient (Wildman–Crippen LogP) is 4.06. The van der Waals surface area contributed by atoms with Crippen LogP contribution in [0.4, 0.5) is 4.39 Å². The van der Waals surface area contributed by atoms with Gasteiger partial charge in [0.25, 0.3) is 0 Å². The van der Waals surface area contributed by atoms with Gasteiger partial charge in [-0.15, -0.1) is 0 Å². The predicted molar refractivity (Wildman–Crippen MR) is 84.6 cm³/mol. The van der Waals surface area contributed by atoms with Crippen LogP contribution in [0.25, 0.3) is 0 Å². The number of nitrogens with one attached hydrogen (secondary N) is 1. The van der Waals surface area contributed by atoms with Crippen molar-refractivity contribution in [3.05, 3.63) is 58.1 Å². The van der Waals surface area contributed by atoms with Crippen molar-refractivity contribution < 1.29 is 9.13 Å². The smallest absolute Gasteiger partial charge is 0.139 e. The minimum Gasteiger partial charge on any atom is -0.487 e. The fourth-order valence-corrected chi connectivity index (χ4v) is 2.15. The lowest BCUT2D eigenvalue weighted by Gasteiger charge is -2.11. The maximum absolute atomic E-state index is 13.8. The summed E-state index contributed by atoms with van der Waals surface area (Å²) in [6, 6.07) is 7.29. The van der Waals surface area contributed by atoms with Crippen molar-refractivity contribution >= 4 is 15.9 Å². The molecule has 0 spiro atoms. The largest absolute Gasteiger partial charge is 0.487 e. The van der Waals surface area contributed by atoms with Crippen LogP contribution in [0.1, 0.15) is 25.0 Å². The molecule has 0 saturated heterocycles. The molecule has 0 atom stereocenters. The molecule has 2 rings (SSSR count). The van der Waals surface area contributed by atoms with E-state index in [-0.39, 0.29) is 12.4 Å². The Balaban J connectivity index is 2.03. The highest BCUT2D eigenvalue weighted by Gasteiger charge is 2.06. The lowest BCUT2D eigenvalue weighted by molar-refractivity contribution is 0.298. The maximum atomic E-state index is 13.8. The molecule has 2 aromatic rings. The zero-order chi connectivity index (χ0) is 15.2. The number of aromatic nitrogens is 1. The van der Waals surface area contributed by atoms with Gasteiger partial charge in [0.15, 0.2) is 0 Å². The first-order chi connectivity index (χ1) is 10.0. The molecule has 1 N–H and O–H groups in total. The highest BCUT2D eigenvalue weighted by Crippen LogP contribution is 2.18. The number of pyridine rings is 1. The number of nitrogens with zero attached hydrogens (tertiary/aromatic N) is 1. The summed E-state index contributed by atoms with van der Waals surface area (Å²) in [6.45, 7) is 5.05. The van der Waals surface area contributed by atoms with E-state index in [9.17, 15) is 4.39 Å². The average molecular weight is 353 g/mol. The Kier molecular flexibility index (Phi) is 5.70. The van der Waals surface area contributed by atoms with Gasteiger partial charge in [0.05, 0.1) is 6.20 Å². The number of ether oxygens (including phenoxy) is 1. The second-order valence-corrected chi connectivity index (χ2v) is 6.00. The van der Waals surface area contributed by atoms with Crippen molar-refractivity contribution in [1.82, 2.24) is 10.3 Å². The van der Waals surface area contributed by atoms with E-state index < -0.39 is 0 Å². The molecule has 3 nitrogen and oxygen atoms in total. The van der Waals surface area contributed by atoms with Crippen LogP contribution in [0.5, 0.6) is 5.75 Å². The van der Waals surface area contributed by atoms with Gasteiger partial charge in [0, 0.05) is 28.8 Å². The molecule has 0 amide bonds. The molecule has 0 aliphatic rings. The van der Waals surface area contributed by atoms with Gasteiger partial charge in [0.2, 0.25) is 0 Å². The van der Waals surface area contributed by atoms with Gasteiger partial charge >= 0.3 is 0 Å². The third-order valence-electron chi connectivity index (χ3n) is 2.90. The van der Waals surface area contributed by atoms with Crippen LogP contribution in [0.3, 0.4) is 0 Å². The summed E-state index contributed by atoms with van der Waals surface area (Å²) < 4.78 is 20.2. The molecule has 1 aromatic carbocycles. The minimum atomic E-state index is -0.258. The highest BCUT2D eigenvalue weighted by atomic mass is 79.9. The van der Waals surface area contributed by atoms with Crippen molar-refractivity contribution in [2.45, 2.75) is 33.0 Å². The number of rotatable bonds is 6. The summed E-state index contributed by atoms with van der Waals surface area (Å²) in [4.78, 5) is 4.01. The van der Waals surface area contributed by atoms with Gasteiger partial charge in [-0.05, 0) is 39.7 Å². The van der Waals surface area contributed by atoms with Crippen molar-refractivity contribution in [2.24, 2.45) is 0 Å². The molecule has 0 aliphatic carbocycles. The van der Waals surface area contributed by atoms with Gasteiger partial charge < -0.3 is 10.1 Å². The molecular formula is C16H18BrFN2O. The molecule has 112 valence electrons. The average Bonchev–Trinajstić information content (AvgIpc) is 2.45. The normalized spacial score (nSPS) is 10.9. The van der Waals surface area contributed by atoms with Crippen molar-refractivity contribution in [3.8, 4) is 5.75 Å². The second-order valence-electron chi connectivity index (χ2n) is 5.09. The summed E-state index contributed by atoms with van der Waals surface area (Å²) in [5.41, 5.74) is 1.58. The van der Waals surface area contributed by atoms with E-state index in [0.717, 1.165) is 10.0 Å². The molecule has 0 fully saturated rings. The Bertz CT molecular complexity index is 605.